The molecule has 0 fully saturated rings. The summed E-state index contributed by atoms with van der Waals surface area (Å²) in [5.74, 6) is 0.228. The largest absolute Gasteiger partial charge is 0.493 e. The van der Waals surface area contributed by atoms with Crippen molar-refractivity contribution < 1.29 is 23.5 Å². The third-order valence-electron chi connectivity index (χ3n) is 4.83. The molecule has 4 aromatic rings. The second-order valence-corrected chi connectivity index (χ2v) is 7.94. The quantitative estimate of drug-likeness (QED) is 0.388. The number of nitrogens with one attached hydrogen (secondary N) is 2. The number of aromatic nitrogens is 2. The topological polar surface area (TPSA) is 94.5 Å². The molecule has 0 saturated carbocycles. The van der Waals surface area contributed by atoms with E-state index in [0.717, 1.165) is 16.8 Å². The molecule has 0 radical (unpaired) electrons. The van der Waals surface area contributed by atoms with E-state index in [9.17, 15) is 14.0 Å². The maximum Gasteiger partial charge on any atom is 0.251 e. The minimum Gasteiger partial charge on any atom is -0.493 e. The van der Waals surface area contributed by atoms with E-state index in [1.165, 1.54) is 38.7 Å². The lowest BCUT2D eigenvalue weighted by Gasteiger charge is -2.09. The van der Waals surface area contributed by atoms with Crippen LogP contribution in [-0.4, -0.2) is 49.4 Å². The van der Waals surface area contributed by atoms with Crippen molar-refractivity contribution in [1.82, 2.24) is 20.4 Å². The minimum atomic E-state index is -0.348. The Kier molecular flexibility index (Phi) is 10.9. The number of thiophene rings is 1. The van der Waals surface area contributed by atoms with Crippen LogP contribution in [0.15, 0.2) is 54.0 Å². The highest BCUT2D eigenvalue weighted by Gasteiger charge is 2.11. The number of hydrogen-bond acceptors (Lipinski definition) is 6. The molecule has 8 nitrogen and oxygen atoms in total. The first-order chi connectivity index (χ1) is 17.4. The molecular weight excluding hydrogens is 483 g/mol. The Hall–Kier alpha value is -3.92. The molecule has 0 bridgehead atoms. The number of likely N-dealkylation sites (N-methyl/N-ethyl adjacent to an activating group) is 1. The molecule has 4 rings (SSSR count). The summed E-state index contributed by atoms with van der Waals surface area (Å²) in [5, 5.41) is 12.1. The van der Waals surface area contributed by atoms with Gasteiger partial charge < -0.3 is 20.1 Å². The van der Waals surface area contributed by atoms with Crippen molar-refractivity contribution in [2.45, 2.75) is 20.8 Å². The molecule has 2 heterocycles. The number of carbonyl (C=O) groups is 2. The molecule has 2 amide bonds. The first-order valence-electron chi connectivity index (χ1n) is 11.3. The summed E-state index contributed by atoms with van der Waals surface area (Å²) in [6.45, 7) is 5.87. The monoisotopic (exact) mass is 514 g/mol. The van der Waals surface area contributed by atoms with E-state index in [0.29, 0.717) is 21.8 Å². The van der Waals surface area contributed by atoms with E-state index in [-0.39, 0.29) is 24.2 Å². The molecule has 0 aliphatic carbocycles. The number of aryl methyl sites for hydroxylation is 1. The average Bonchev–Trinajstić information content (AvgIpc) is 3.54. The van der Waals surface area contributed by atoms with Crippen LogP contribution in [0.5, 0.6) is 11.5 Å². The standard InChI is InChI=1S/C12H9FN2S.C12H16N2O4.C2H6/c1-8-5-6-15(14-8)11-7-16-12-9(11)3-2-4-10(12)13;1-13-11(15)7-14-12(16)8-4-5-9(17-2)10(6-8)18-3;1-2/h2-7H,1H3;4-6H,7H2,1-3H3,(H,13,15)(H,14,16);1-2H3. The second-order valence-electron chi connectivity index (χ2n) is 7.06. The van der Waals surface area contributed by atoms with Gasteiger partial charge in [0.15, 0.2) is 11.5 Å². The molecule has 2 N–H and O–H groups in total. The van der Waals surface area contributed by atoms with Crippen LogP contribution in [0.1, 0.15) is 29.9 Å². The molecule has 0 aliphatic heterocycles. The zero-order valence-corrected chi connectivity index (χ0v) is 22.0. The van der Waals surface area contributed by atoms with Crippen LogP contribution < -0.4 is 20.1 Å². The molecule has 0 saturated heterocycles. The summed E-state index contributed by atoms with van der Waals surface area (Å²) < 4.78 is 26.1. The van der Waals surface area contributed by atoms with Crippen LogP contribution >= 0.6 is 11.3 Å². The van der Waals surface area contributed by atoms with Gasteiger partial charge in [0.05, 0.1) is 36.8 Å². The number of amides is 2. The van der Waals surface area contributed by atoms with Crippen LogP contribution in [-0.2, 0) is 4.79 Å². The predicted octanol–water partition coefficient (Wildman–Crippen LogP) is 4.74. The summed E-state index contributed by atoms with van der Waals surface area (Å²) in [6, 6.07) is 11.8. The van der Waals surface area contributed by atoms with Gasteiger partial charge in [-0.05, 0) is 37.3 Å². The van der Waals surface area contributed by atoms with E-state index in [4.69, 9.17) is 9.47 Å². The van der Waals surface area contributed by atoms with Gasteiger partial charge in [0.2, 0.25) is 5.91 Å². The van der Waals surface area contributed by atoms with Crippen LogP contribution in [0.25, 0.3) is 15.8 Å². The summed E-state index contributed by atoms with van der Waals surface area (Å²) in [6.07, 6.45) is 1.89. The number of halogens is 1. The van der Waals surface area contributed by atoms with Gasteiger partial charge in [-0.3, -0.25) is 9.59 Å². The fourth-order valence-electron chi connectivity index (χ4n) is 3.06. The van der Waals surface area contributed by atoms with Crippen LogP contribution in [0, 0.1) is 12.7 Å². The van der Waals surface area contributed by atoms with Gasteiger partial charge in [0.1, 0.15) is 5.82 Å². The SMILES string of the molecule is CC.CNC(=O)CNC(=O)c1ccc(OC)c(OC)c1.Cc1ccn(-c2csc3c(F)cccc23)n1. The lowest BCUT2D eigenvalue weighted by atomic mass is 10.2. The summed E-state index contributed by atoms with van der Waals surface area (Å²) in [4.78, 5) is 22.7. The molecule has 0 spiro atoms. The molecule has 0 unspecified atom stereocenters. The molecule has 36 heavy (non-hydrogen) atoms. The number of ether oxygens (including phenoxy) is 2. The average molecular weight is 515 g/mol. The van der Waals surface area contributed by atoms with Crippen LogP contribution in [0.2, 0.25) is 0 Å². The van der Waals surface area contributed by atoms with E-state index in [1.807, 2.05) is 44.5 Å². The Morgan fingerprint density at radius 1 is 1.08 bits per heavy atom. The molecule has 2 aromatic carbocycles. The van der Waals surface area contributed by atoms with Gasteiger partial charge in [0.25, 0.3) is 5.91 Å². The predicted molar refractivity (Wildman–Crippen MR) is 141 cm³/mol. The molecular formula is C26H31FN4O4S. The maximum absolute atomic E-state index is 13.5. The van der Waals surface area contributed by atoms with E-state index >= 15 is 0 Å². The summed E-state index contributed by atoms with van der Waals surface area (Å²) in [5.41, 5.74) is 2.29. The first-order valence-corrected chi connectivity index (χ1v) is 12.1. The minimum absolute atomic E-state index is 0.0658. The molecule has 0 atom stereocenters. The maximum atomic E-state index is 13.5. The lowest BCUT2D eigenvalue weighted by Crippen LogP contribution is -2.35. The van der Waals surface area contributed by atoms with Gasteiger partial charge in [-0.2, -0.15) is 5.10 Å². The summed E-state index contributed by atoms with van der Waals surface area (Å²) in [7, 11) is 4.51. The van der Waals surface area contributed by atoms with Crippen molar-refractivity contribution in [2.24, 2.45) is 0 Å². The second kappa shape index (κ2) is 13.8. The number of benzene rings is 2. The van der Waals surface area contributed by atoms with E-state index < -0.39 is 0 Å². The van der Waals surface area contributed by atoms with Gasteiger partial charge in [-0.15, -0.1) is 11.3 Å². The zero-order valence-electron chi connectivity index (χ0n) is 21.2. The van der Waals surface area contributed by atoms with Crippen molar-refractivity contribution in [1.29, 1.82) is 0 Å². The number of carbonyl (C=O) groups excluding carboxylic acids is 2. The third kappa shape index (κ3) is 7.05. The van der Waals surface area contributed by atoms with Gasteiger partial charge in [-0.25, -0.2) is 9.07 Å². The highest BCUT2D eigenvalue weighted by atomic mass is 32.1. The van der Waals surface area contributed by atoms with Gasteiger partial charge >= 0.3 is 0 Å². The Labute approximate surface area is 214 Å². The first kappa shape index (κ1) is 28.3. The Balaban J connectivity index is 0.000000238. The van der Waals surface area contributed by atoms with Crippen molar-refractivity contribution in [2.75, 3.05) is 27.8 Å². The number of fused-ring (bicyclic) bond motifs is 1. The number of rotatable bonds is 6. The number of hydrogen-bond donors (Lipinski definition) is 2. The van der Waals surface area contributed by atoms with Crippen LogP contribution in [0.3, 0.4) is 0 Å². The smallest absolute Gasteiger partial charge is 0.251 e. The molecule has 0 aliphatic rings. The molecule has 192 valence electrons. The van der Waals surface area contributed by atoms with Crippen LogP contribution in [0.4, 0.5) is 4.39 Å². The highest BCUT2D eigenvalue weighted by molar-refractivity contribution is 7.17. The van der Waals surface area contributed by atoms with Gasteiger partial charge in [-0.1, -0.05) is 26.0 Å². The van der Waals surface area contributed by atoms with E-state index in [1.54, 1.807) is 28.9 Å². The fourth-order valence-corrected chi connectivity index (χ4v) is 4.01. The van der Waals surface area contributed by atoms with Gasteiger partial charge in [0, 0.05) is 29.6 Å². The van der Waals surface area contributed by atoms with E-state index in [2.05, 4.69) is 15.7 Å². The van der Waals surface area contributed by atoms with Crippen molar-refractivity contribution in [3.63, 3.8) is 0 Å². The Bertz CT molecular complexity index is 1300. The summed E-state index contributed by atoms with van der Waals surface area (Å²) >= 11 is 1.41. The van der Waals surface area contributed by atoms with Crippen molar-refractivity contribution >= 4 is 33.2 Å². The number of methoxy groups -OCH3 is 2. The lowest BCUT2D eigenvalue weighted by molar-refractivity contribution is -0.119. The molecule has 2 aromatic heterocycles. The molecule has 10 heteroatoms. The van der Waals surface area contributed by atoms with Crippen molar-refractivity contribution in [3.05, 3.63) is 71.1 Å². The Morgan fingerprint density at radius 2 is 1.81 bits per heavy atom. The Morgan fingerprint density at radius 3 is 2.42 bits per heavy atom. The third-order valence-corrected chi connectivity index (χ3v) is 5.83. The highest BCUT2D eigenvalue weighted by Crippen LogP contribution is 2.30. The zero-order chi connectivity index (χ0) is 26.7. The van der Waals surface area contributed by atoms with Crippen molar-refractivity contribution in [3.8, 4) is 17.2 Å². The number of nitrogens with zero attached hydrogens (tertiary/aromatic N) is 2. The normalized spacial score (nSPS) is 9.86. The fraction of sp³-hybridized carbons (Fsp3) is 0.269.